The first-order chi connectivity index (χ1) is 11.5. The van der Waals surface area contributed by atoms with E-state index in [1.807, 2.05) is 0 Å². The van der Waals surface area contributed by atoms with E-state index < -0.39 is 18.1 Å². The van der Waals surface area contributed by atoms with Crippen molar-refractivity contribution in [2.24, 2.45) is 5.92 Å². The Morgan fingerprint density at radius 3 is 2.50 bits per heavy atom. The molecule has 0 spiro atoms. The number of nitro groups is 1. The summed E-state index contributed by atoms with van der Waals surface area (Å²) in [6.07, 6.45) is 5.31. The first-order valence-electron chi connectivity index (χ1n) is 8.61. The molecule has 1 fully saturated rings. The monoisotopic (exact) mass is 344 g/mol. The summed E-state index contributed by atoms with van der Waals surface area (Å²) in [4.78, 5) is 33.2. The molecule has 0 aliphatic heterocycles. The molecule has 24 heavy (non-hydrogen) atoms. The molecule has 1 saturated carbocycles. The van der Waals surface area contributed by atoms with Crippen LogP contribution in [0.5, 0.6) is 0 Å². The molecule has 3 atom stereocenters. The Bertz CT molecular complexity index is 429. The summed E-state index contributed by atoms with van der Waals surface area (Å²) in [5.74, 6) is -1.17. The van der Waals surface area contributed by atoms with E-state index in [1.54, 1.807) is 0 Å². The Kier molecular flexibility index (Phi) is 9.29. The lowest BCUT2D eigenvalue weighted by Crippen LogP contribution is -2.45. The maximum atomic E-state index is 12.2. The zero-order valence-electron chi connectivity index (χ0n) is 14.2. The minimum Gasteiger partial charge on any atom is -0.481 e. The standard InChI is InChI=1S/C16H28N2O6/c1-24-14-11-12(18(22)23)8-9-13(14)16(21)17-10-6-4-2-3-5-7-15(19)20/h12-14H,2-11H2,1H3,(H,17,21)(H,19,20). The fraction of sp³-hybridized carbons (Fsp3) is 0.875. The number of carbonyl (C=O) groups is 2. The van der Waals surface area contributed by atoms with Crippen LogP contribution in [-0.2, 0) is 14.3 Å². The van der Waals surface area contributed by atoms with Crippen LogP contribution in [-0.4, -0.2) is 47.7 Å². The van der Waals surface area contributed by atoms with Gasteiger partial charge in [-0.1, -0.05) is 19.3 Å². The van der Waals surface area contributed by atoms with Crippen LogP contribution in [0, 0.1) is 16.0 Å². The Morgan fingerprint density at radius 2 is 1.88 bits per heavy atom. The number of ether oxygens (including phenoxy) is 1. The topological polar surface area (TPSA) is 119 Å². The van der Waals surface area contributed by atoms with Gasteiger partial charge in [0.1, 0.15) is 0 Å². The van der Waals surface area contributed by atoms with Gasteiger partial charge in [-0.15, -0.1) is 0 Å². The van der Waals surface area contributed by atoms with Gasteiger partial charge in [-0.05, 0) is 19.3 Å². The maximum Gasteiger partial charge on any atom is 0.303 e. The number of carboxylic acid groups (broad SMARTS) is 1. The van der Waals surface area contributed by atoms with Crippen molar-refractivity contribution in [1.29, 1.82) is 0 Å². The summed E-state index contributed by atoms with van der Waals surface area (Å²) >= 11 is 0. The molecule has 0 aromatic heterocycles. The molecule has 0 aromatic rings. The van der Waals surface area contributed by atoms with Crippen molar-refractivity contribution in [2.45, 2.75) is 69.9 Å². The van der Waals surface area contributed by atoms with Crippen LogP contribution < -0.4 is 5.32 Å². The van der Waals surface area contributed by atoms with Gasteiger partial charge in [0, 0.05) is 37.8 Å². The molecule has 1 aliphatic carbocycles. The van der Waals surface area contributed by atoms with E-state index in [9.17, 15) is 19.7 Å². The lowest BCUT2D eigenvalue weighted by molar-refractivity contribution is -0.529. The van der Waals surface area contributed by atoms with Gasteiger partial charge in [0.15, 0.2) is 0 Å². The number of rotatable bonds is 11. The Morgan fingerprint density at radius 1 is 1.21 bits per heavy atom. The summed E-state index contributed by atoms with van der Waals surface area (Å²) < 4.78 is 5.28. The number of nitrogens with one attached hydrogen (secondary N) is 1. The predicted octanol–water partition coefficient (Wildman–Crippen LogP) is 1.99. The average molecular weight is 344 g/mol. The van der Waals surface area contributed by atoms with Crippen LogP contribution in [0.3, 0.4) is 0 Å². The number of hydrogen-bond donors (Lipinski definition) is 2. The van der Waals surface area contributed by atoms with Crippen molar-refractivity contribution >= 4 is 11.9 Å². The number of unbranched alkanes of at least 4 members (excludes halogenated alkanes) is 4. The molecule has 2 N–H and O–H groups in total. The van der Waals surface area contributed by atoms with E-state index in [4.69, 9.17) is 9.84 Å². The van der Waals surface area contributed by atoms with Crippen LogP contribution in [0.4, 0.5) is 0 Å². The lowest BCUT2D eigenvalue weighted by atomic mass is 9.83. The number of amides is 1. The zero-order valence-corrected chi connectivity index (χ0v) is 14.2. The Labute approximate surface area is 142 Å². The minimum absolute atomic E-state index is 0.0884. The number of aliphatic carboxylic acids is 1. The van der Waals surface area contributed by atoms with Gasteiger partial charge in [-0.2, -0.15) is 0 Å². The van der Waals surface area contributed by atoms with Gasteiger partial charge in [0.05, 0.1) is 12.0 Å². The van der Waals surface area contributed by atoms with Gasteiger partial charge in [0.2, 0.25) is 11.9 Å². The van der Waals surface area contributed by atoms with Crippen molar-refractivity contribution in [2.75, 3.05) is 13.7 Å². The van der Waals surface area contributed by atoms with Crippen molar-refractivity contribution < 1.29 is 24.4 Å². The number of methoxy groups -OCH3 is 1. The number of carboxylic acids is 1. The fourth-order valence-corrected chi connectivity index (χ4v) is 3.13. The van der Waals surface area contributed by atoms with Crippen LogP contribution in [0.25, 0.3) is 0 Å². The van der Waals surface area contributed by atoms with E-state index >= 15 is 0 Å². The molecular formula is C16H28N2O6. The molecule has 8 nitrogen and oxygen atoms in total. The van der Waals surface area contributed by atoms with Crippen LogP contribution in [0.2, 0.25) is 0 Å². The van der Waals surface area contributed by atoms with Crippen molar-refractivity contribution in [1.82, 2.24) is 5.32 Å². The van der Waals surface area contributed by atoms with Gasteiger partial charge >= 0.3 is 5.97 Å². The van der Waals surface area contributed by atoms with Crippen molar-refractivity contribution in [3.8, 4) is 0 Å². The second-order valence-electron chi connectivity index (χ2n) is 6.34. The van der Waals surface area contributed by atoms with Crippen LogP contribution in [0.1, 0.15) is 57.8 Å². The molecule has 0 heterocycles. The highest BCUT2D eigenvalue weighted by molar-refractivity contribution is 5.79. The summed E-state index contributed by atoms with van der Waals surface area (Å²) in [6.45, 7) is 0.573. The molecule has 1 amide bonds. The van der Waals surface area contributed by atoms with E-state index in [1.165, 1.54) is 7.11 Å². The molecule has 138 valence electrons. The normalized spacial score (nSPS) is 23.6. The summed E-state index contributed by atoms with van der Waals surface area (Å²) in [5.41, 5.74) is 0. The third-order valence-electron chi connectivity index (χ3n) is 4.57. The molecule has 3 unspecified atom stereocenters. The molecule has 1 aliphatic rings. The maximum absolute atomic E-state index is 12.2. The van der Waals surface area contributed by atoms with Crippen LogP contribution >= 0.6 is 0 Å². The molecular weight excluding hydrogens is 316 g/mol. The second kappa shape index (κ2) is 11.0. The van der Waals surface area contributed by atoms with Crippen molar-refractivity contribution in [3.05, 3.63) is 10.1 Å². The van der Waals surface area contributed by atoms with E-state index in [0.717, 1.165) is 25.7 Å². The molecule has 0 bridgehead atoms. The van der Waals surface area contributed by atoms with E-state index in [2.05, 4.69) is 5.32 Å². The highest BCUT2D eigenvalue weighted by Crippen LogP contribution is 2.28. The van der Waals surface area contributed by atoms with Gasteiger partial charge in [-0.3, -0.25) is 19.7 Å². The fourth-order valence-electron chi connectivity index (χ4n) is 3.13. The number of carbonyl (C=O) groups excluding carboxylic acids is 1. The zero-order chi connectivity index (χ0) is 17.9. The van der Waals surface area contributed by atoms with Crippen molar-refractivity contribution in [3.63, 3.8) is 0 Å². The highest BCUT2D eigenvalue weighted by Gasteiger charge is 2.39. The Hall–Kier alpha value is -1.70. The smallest absolute Gasteiger partial charge is 0.303 e. The Balaban J connectivity index is 2.18. The molecule has 0 saturated heterocycles. The average Bonchev–Trinajstić information content (AvgIpc) is 2.56. The van der Waals surface area contributed by atoms with E-state index in [-0.39, 0.29) is 29.6 Å². The first kappa shape index (κ1) is 20.3. The highest BCUT2D eigenvalue weighted by atomic mass is 16.6. The lowest BCUT2D eigenvalue weighted by Gasteiger charge is -2.30. The largest absolute Gasteiger partial charge is 0.481 e. The summed E-state index contributed by atoms with van der Waals surface area (Å²) in [5, 5.41) is 22.3. The number of nitrogens with zero attached hydrogens (tertiary/aromatic N) is 1. The second-order valence-corrected chi connectivity index (χ2v) is 6.34. The summed E-state index contributed by atoms with van der Waals surface area (Å²) in [7, 11) is 1.49. The van der Waals surface area contributed by atoms with Gasteiger partial charge < -0.3 is 15.2 Å². The summed E-state index contributed by atoms with van der Waals surface area (Å²) in [6, 6.07) is -0.621. The quantitative estimate of drug-likeness (QED) is 0.336. The predicted molar refractivity (Wildman–Crippen MR) is 87.3 cm³/mol. The van der Waals surface area contributed by atoms with E-state index in [0.29, 0.717) is 25.8 Å². The first-order valence-corrected chi connectivity index (χ1v) is 8.61. The SMILES string of the molecule is COC1CC([N+](=O)[O-])CCC1C(=O)NCCCCCCCC(=O)O. The molecule has 8 heteroatoms. The van der Waals surface area contributed by atoms with Crippen LogP contribution in [0.15, 0.2) is 0 Å². The molecule has 0 aromatic carbocycles. The molecule has 1 rings (SSSR count). The minimum atomic E-state index is -0.762. The third kappa shape index (κ3) is 7.25. The molecule has 0 radical (unpaired) electrons. The van der Waals surface area contributed by atoms with Gasteiger partial charge in [-0.25, -0.2) is 0 Å². The third-order valence-corrected chi connectivity index (χ3v) is 4.57. The van der Waals surface area contributed by atoms with Gasteiger partial charge in [0.25, 0.3) is 0 Å². The number of hydrogen-bond acceptors (Lipinski definition) is 5.